The molecular formula is C27H16N2. The summed E-state index contributed by atoms with van der Waals surface area (Å²) in [5.74, 6) is 0. The van der Waals surface area contributed by atoms with Crippen molar-refractivity contribution in [2.24, 2.45) is 0 Å². The minimum Gasteiger partial charge on any atom is -0.291 e. The van der Waals surface area contributed by atoms with Gasteiger partial charge in [-0.25, -0.2) is 4.98 Å². The summed E-state index contributed by atoms with van der Waals surface area (Å²) >= 11 is 0. The first-order chi connectivity index (χ1) is 14.4. The maximum Gasteiger partial charge on any atom is 0.146 e. The molecule has 0 radical (unpaired) electrons. The van der Waals surface area contributed by atoms with Crippen LogP contribution < -0.4 is 0 Å². The summed E-state index contributed by atoms with van der Waals surface area (Å²) in [6, 6.07) is 34.7. The quantitative estimate of drug-likeness (QED) is 0.206. The molecule has 0 N–H and O–H groups in total. The van der Waals surface area contributed by atoms with Crippen molar-refractivity contribution in [1.82, 2.24) is 9.38 Å². The molecule has 2 nitrogen and oxygen atoms in total. The Kier molecular flexibility index (Phi) is 2.77. The molecule has 0 spiro atoms. The fraction of sp³-hybridized carbons (Fsp3) is 0. The van der Waals surface area contributed by atoms with Crippen molar-refractivity contribution in [3.63, 3.8) is 0 Å². The van der Waals surface area contributed by atoms with E-state index in [2.05, 4.69) is 101 Å². The highest BCUT2D eigenvalue weighted by Gasteiger charge is 2.16. The first kappa shape index (κ1) is 15.1. The Hall–Kier alpha value is -3.91. The molecule has 0 saturated heterocycles. The van der Waals surface area contributed by atoms with Crippen LogP contribution in [0.1, 0.15) is 0 Å². The van der Waals surface area contributed by atoms with Crippen LogP contribution in [0, 0.1) is 0 Å². The molecule has 134 valence electrons. The van der Waals surface area contributed by atoms with Gasteiger partial charge < -0.3 is 0 Å². The van der Waals surface area contributed by atoms with Gasteiger partial charge in [0, 0.05) is 16.2 Å². The average molecular weight is 368 g/mol. The van der Waals surface area contributed by atoms with E-state index in [1.807, 2.05) is 0 Å². The van der Waals surface area contributed by atoms with Gasteiger partial charge in [-0.2, -0.15) is 0 Å². The highest BCUT2D eigenvalue weighted by Crippen LogP contribution is 2.37. The number of imidazole rings is 1. The van der Waals surface area contributed by atoms with Crippen molar-refractivity contribution in [1.29, 1.82) is 0 Å². The summed E-state index contributed by atoms with van der Waals surface area (Å²) in [6.45, 7) is 0. The van der Waals surface area contributed by atoms with Gasteiger partial charge in [-0.1, -0.05) is 72.8 Å². The van der Waals surface area contributed by atoms with Crippen LogP contribution in [0.2, 0.25) is 0 Å². The van der Waals surface area contributed by atoms with Gasteiger partial charge in [0.15, 0.2) is 0 Å². The molecular weight excluding hydrogens is 352 g/mol. The molecule has 2 aromatic heterocycles. The molecule has 0 aliphatic rings. The van der Waals surface area contributed by atoms with Gasteiger partial charge in [-0.3, -0.25) is 4.40 Å². The van der Waals surface area contributed by atoms with Gasteiger partial charge in [0.1, 0.15) is 5.65 Å². The Morgan fingerprint density at radius 1 is 0.517 bits per heavy atom. The number of fused-ring (bicyclic) bond motifs is 11. The lowest BCUT2D eigenvalue weighted by Gasteiger charge is -2.13. The molecule has 0 unspecified atom stereocenters. The minimum absolute atomic E-state index is 1.02. The fourth-order valence-corrected chi connectivity index (χ4v) is 4.79. The van der Waals surface area contributed by atoms with Crippen LogP contribution >= 0.6 is 0 Å². The number of pyridine rings is 1. The normalized spacial score (nSPS) is 12.1. The zero-order valence-corrected chi connectivity index (χ0v) is 15.6. The SMILES string of the molecule is c1ccc2cc3c(cc2c1)c1ccc2ccccc2c1n1c2ccccc2nc31. The third-order valence-electron chi connectivity index (χ3n) is 6.10. The maximum absolute atomic E-state index is 5.07. The number of benzene rings is 5. The fourth-order valence-electron chi connectivity index (χ4n) is 4.79. The highest BCUT2D eigenvalue weighted by atomic mass is 15.0. The molecule has 2 heterocycles. The van der Waals surface area contributed by atoms with Crippen LogP contribution in [0.25, 0.3) is 59.9 Å². The Balaban J connectivity index is 1.90. The van der Waals surface area contributed by atoms with E-state index in [0.717, 1.165) is 16.7 Å². The van der Waals surface area contributed by atoms with E-state index in [9.17, 15) is 0 Å². The molecule has 5 aromatic carbocycles. The van der Waals surface area contributed by atoms with Crippen molar-refractivity contribution >= 4 is 59.9 Å². The summed E-state index contributed by atoms with van der Waals surface area (Å²) in [4.78, 5) is 5.07. The highest BCUT2D eigenvalue weighted by molar-refractivity contribution is 6.22. The number of rotatable bonds is 0. The predicted octanol–water partition coefficient (Wildman–Crippen LogP) is 7.10. The summed E-state index contributed by atoms with van der Waals surface area (Å²) in [5, 5.41) is 8.73. The van der Waals surface area contributed by atoms with Crippen molar-refractivity contribution in [2.45, 2.75) is 0 Å². The van der Waals surface area contributed by atoms with Gasteiger partial charge >= 0.3 is 0 Å². The summed E-state index contributed by atoms with van der Waals surface area (Å²) in [7, 11) is 0. The molecule has 0 aliphatic carbocycles. The number of hydrogen-bond acceptors (Lipinski definition) is 1. The van der Waals surface area contributed by atoms with Crippen molar-refractivity contribution in [3.8, 4) is 0 Å². The number of aromatic nitrogens is 2. The number of para-hydroxylation sites is 2. The first-order valence-electron chi connectivity index (χ1n) is 9.92. The third-order valence-corrected chi connectivity index (χ3v) is 6.10. The molecule has 0 amide bonds. The van der Waals surface area contributed by atoms with Gasteiger partial charge in [0.25, 0.3) is 0 Å². The molecule has 29 heavy (non-hydrogen) atoms. The summed E-state index contributed by atoms with van der Waals surface area (Å²) in [6.07, 6.45) is 0. The van der Waals surface area contributed by atoms with Crippen molar-refractivity contribution < 1.29 is 0 Å². The molecule has 0 fully saturated rings. The standard InChI is InChI=1S/C27H16N2/c1-2-9-19-16-23-22(15-18(19)8-1)21-14-13-17-7-3-4-10-20(17)26(21)29-25-12-6-5-11-24(25)28-27(23)29/h1-16H. The Morgan fingerprint density at radius 2 is 1.21 bits per heavy atom. The third kappa shape index (κ3) is 1.93. The smallest absolute Gasteiger partial charge is 0.146 e. The maximum atomic E-state index is 5.07. The zero-order chi connectivity index (χ0) is 18.9. The number of hydrogen-bond donors (Lipinski definition) is 0. The zero-order valence-electron chi connectivity index (χ0n) is 15.6. The molecule has 0 aliphatic heterocycles. The van der Waals surface area contributed by atoms with E-state index in [-0.39, 0.29) is 0 Å². The average Bonchev–Trinajstić information content (AvgIpc) is 3.17. The predicted molar refractivity (Wildman–Crippen MR) is 123 cm³/mol. The van der Waals surface area contributed by atoms with E-state index < -0.39 is 0 Å². The Labute approximate surface area is 166 Å². The van der Waals surface area contributed by atoms with Crippen LogP contribution in [0.3, 0.4) is 0 Å². The van der Waals surface area contributed by atoms with Gasteiger partial charge in [-0.05, 0) is 45.8 Å². The topological polar surface area (TPSA) is 17.3 Å². The molecule has 0 saturated carbocycles. The first-order valence-corrected chi connectivity index (χ1v) is 9.92. The monoisotopic (exact) mass is 368 g/mol. The second-order valence-corrected chi connectivity index (χ2v) is 7.69. The van der Waals surface area contributed by atoms with E-state index in [1.54, 1.807) is 0 Å². The van der Waals surface area contributed by atoms with Gasteiger partial charge in [0.05, 0.1) is 16.6 Å². The van der Waals surface area contributed by atoms with Crippen LogP contribution in [-0.2, 0) is 0 Å². The van der Waals surface area contributed by atoms with Crippen LogP contribution in [-0.4, -0.2) is 9.38 Å². The van der Waals surface area contributed by atoms with E-state index >= 15 is 0 Å². The Morgan fingerprint density at radius 3 is 2.07 bits per heavy atom. The van der Waals surface area contributed by atoms with E-state index in [0.29, 0.717) is 0 Å². The molecule has 0 atom stereocenters. The summed E-state index contributed by atoms with van der Waals surface area (Å²) < 4.78 is 2.35. The lowest BCUT2D eigenvalue weighted by Crippen LogP contribution is -1.93. The van der Waals surface area contributed by atoms with Gasteiger partial charge in [0.2, 0.25) is 0 Å². The minimum atomic E-state index is 1.02. The second-order valence-electron chi connectivity index (χ2n) is 7.69. The van der Waals surface area contributed by atoms with E-state index in [1.165, 1.54) is 43.2 Å². The van der Waals surface area contributed by atoms with Crippen molar-refractivity contribution in [2.75, 3.05) is 0 Å². The largest absolute Gasteiger partial charge is 0.291 e. The number of nitrogens with zero attached hydrogens (tertiary/aromatic N) is 2. The molecule has 2 heteroatoms. The lowest BCUT2D eigenvalue weighted by atomic mass is 9.98. The second kappa shape index (κ2) is 5.33. The molecule has 0 bridgehead atoms. The van der Waals surface area contributed by atoms with Gasteiger partial charge in [-0.15, -0.1) is 0 Å². The lowest BCUT2D eigenvalue weighted by molar-refractivity contribution is 1.33. The van der Waals surface area contributed by atoms with Crippen LogP contribution in [0.5, 0.6) is 0 Å². The Bertz CT molecular complexity index is 1760. The van der Waals surface area contributed by atoms with Crippen LogP contribution in [0.4, 0.5) is 0 Å². The molecule has 7 aromatic rings. The van der Waals surface area contributed by atoms with Crippen molar-refractivity contribution in [3.05, 3.63) is 97.1 Å². The molecule has 7 rings (SSSR count). The summed E-state index contributed by atoms with van der Waals surface area (Å²) in [5.41, 5.74) is 4.44. The van der Waals surface area contributed by atoms with E-state index in [4.69, 9.17) is 4.98 Å². The van der Waals surface area contributed by atoms with Crippen LogP contribution in [0.15, 0.2) is 97.1 Å².